The lowest BCUT2D eigenvalue weighted by Gasteiger charge is -2.12. The van der Waals surface area contributed by atoms with Crippen molar-refractivity contribution in [1.29, 1.82) is 0 Å². The van der Waals surface area contributed by atoms with Crippen LogP contribution in [-0.2, 0) is 11.3 Å². The minimum atomic E-state index is -0.490. The summed E-state index contributed by atoms with van der Waals surface area (Å²) >= 11 is 0. The summed E-state index contributed by atoms with van der Waals surface area (Å²) in [7, 11) is 1.52. The zero-order chi connectivity index (χ0) is 16.3. The minimum Gasteiger partial charge on any atom is -0.354 e. The van der Waals surface area contributed by atoms with Crippen molar-refractivity contribution in [3.05, 3.63) is 29.8 Å². The molecule has 118 valence electrons. The van der Waals surface area contributed by atoms with E-state index in [2.05, 4.69) is 20.8 Å². The van der Waals surface area contributed by atoms with Crippen LogP contribution in [0.3, 0.4) is 0 Å². The highest BCUT2D eigenvalue weighted by atomic mass is 16.2. The second kappa shape index (κ2) is 6.42. The number of hydrogen-bond acceptors (Lipinski definition) is 4. The summed E-state index contributed by atoms with van der Waals surface area (Å²) in [4.78, 5) is 24.2. The summed E-state index contributed by atoms with van der Waals surface area (Å²) in [6.07, 6.45) is 3.39. The lowest BCUT2D eigenvalue weighted by atomic mass is 10.3. The smallest absolute Gasteiger partial charge is 0.273 e. The number of carbonyl (C=O) groups excluding carboxylic acids is 2. The summed E-state index contributed by atoms with van der Waals surface area (Å²) in [6.45, 7) is 6.11. The van der Waals surface area contributed by atoms with Gasteiger partial charge >= 0.3 is 0 Å². The van der Waals surface area contributed by atoms with Crippen LogP contribution in [0, 0.1) is 6.92 Å². The van der Waals surface area contributed by atoms with E-state index in [-0.39, 0.29) is 17.5 Å². The Bertz CT molecular complexity index is 687. The fourth-order valence-corrected chi connectivity index (χ4v) is 1.97. The number of aromatic nitrogens is 4. The maximum absolute atomic E-state index is 12.3. The monoisotopic (exact) mass is 304 g/mol. The van der Waals surface area contributed by atoms with Gasteiger partial charge in [-0.3, -0.25) is 19.0 Å². The molecule has 0 spiro atoms. The van der Waals surface area contributed by atoms with Gasteiger partial charge in [0.1, 0.15) is 6.04 Å². The number of amides is 2. The van der Waals surface area contributed by atoms with Gasteiger partial charge in [-0.05, 0) is 26.8 Å². The van der Waals surface area contributed by atoms with E-state index in [1.54, 1.807) is 28.7 Å². The van der Waals surface area contributed by atoms with E-state index in [1.807, 2.05) is 19.9 Å². The molecule has 0 saturated carbocycles. The Kier molecular flexibility index (Phi) is 4.59. The molecule has 0 aliphatic carbocycles. The molecule has 8 nitrogen and oxygen atoms in total. The zero-order valence-electron chi connectivity index (χ0n) is 13.1. The summed E-state index contributed by atoms with van der Waals surface area (Å²) in [5.41, 5.74) is 1.42. The Labute approximate surface area is 128 Å². The van der Waals surface area contributed by atoms with Crippen LogP contribution in [0.15, 0.2) is 18.5 Å². The van der Waals surface area contributed by atoms with Crippen LogP contribution in [0.5, 0.6) is 0 Å². The van der Waals surface area contributed by atoms with Gasteiger partial charge in [-0.25, -0.2) is 0 Å². The Hall–Kier alpha value is -2.64. The van der Waals surface area contributed by atoms with E-state index in [4.69, 9.17) is 0 Å². The van der Waals surface area contributed by atoms with Gasteiger partial charge in [-0.15, -0.1) is 0 Å². The van der Waals surface area contributed by atoms with Crippen LogP contribution in [0.2, 0.25) is 0 Å². The van der Waals surface area contributed by atoms with Crippen LogP contribution < -0.4 is 10.6 Å². The molecule has 2 heterocycles. The third-order valence-corrected chi connectivity index (χ3v) is 3.30. The molecule has 0 aromatic carbocycles. The highest BCUT2D eigenvalue weighted by Crippen LogP contribution is 2.16. The first-order valence-electron chi connectivity index (χ1n) is 7.08. The van der Waals surface area contributed by atoms with Crippen molar-refractivity contribution in [3.8, 4) is 0 Å². The molecule has 0 aliphatic heterocycles. The summed E-state index contributed by atoms with van der Waals surface area (Å²) < 4.78 is 3.18. The SMILES string of the molecule is CCn1cc(NC(=O)C(C)n2ccc(C)n2)c(C(=O)NC)n1. The number of nitrogens with zero attached hydrogens (tertiary/aromatic N) is 4. The number of nitrogens with one attached hydrogen (secondary N) is 2. The maximum atomic E-state index is 12.3. The Morgan fingerprint density at radius 1 is 1.36 bits per heavy atom. The first kappa shape index (κ1) is 15.7. The average Bonchev–Trinajstić information content (AvgIpc) is 3.11. The van der Waals surface area contributed by atoms with Crippen molar-refractivity contribution in [2.24, 2.45) is 0 Å². The normalized spacial score (nSPS) is 12.0. The van der Waals surface area contributed by atoms with Crippen molar-refractivity contribution in [1.82, 2.24) is 24.9 Å². The molecular weight excluding hydrogens is 284 g/mol. The number of aryl methyl sites for hydroxylation is 2. The summed E-state index contributed by atoms with van der Waals surface area (Å²) in [6, 6.07) is 1.34. The molecule has 0 aliphatic rings. The van der Waals surface area contributed by atoms with Crippen molar-refractivity contribution in [3.63, 3.8) is 0 Å². The lowest BCUT2D eigenvalue weighted by molar-refractivity contribution is -0.119. The van der Waals surface area contributed by atoms with Crippen molar-refractivity contribution >= 4 is 17.5 Å². The van der Waals surface area contributed by atoms with Gasteiger partial charge in [0, 0.05) is 26.0 Å². The van der Waals surface area contributed by atoms with E-state index in [9.17, 15) is 9.59 Å². The van der Waals surface area contributed by atoms with Gasteiger partial charge < -0.3 is 10.6 Å². The van der Waals surface area contributed by atoms with Crippen LogP contribution in [-0.4, -0.2) is 38.4 Å². The Balaban J connectivity index is 2.20. The lowest BCUT2D eigenvalue weighted by Crippen LogP contribution is -2.26. The molecule has 0 saturated heterocycles. The molecule has 0 fully saturated rings. The molecule has 2 aromatic rings. The fraction of sp³-hybridized carbons (Fsp3) is 0.429. The largest absolute Gasteiger partial charge is 0.354 e. The van der Waals surface area contributed by atoms with E-state index in [0.29, 0.717) is 12.2 Å². The minimum absolute atomic E-state index is 0.196. The third-order valence-electron chi connectivity index (χ3n) is 3.30. The van der Waals surface area contributed by atoms with Crippen molar-refractivity contribution in [2.75, 3.05) is 12.4 Å². The maximum Gasteiger partial charge on any atom is 0.273 e. The van der Waals surface area contributed by atoms with Crippen molar-refractivity contribution < 1.29 is 9.59 Å². The first-order chi connectivity index (χ1) is 10.5. The number of carbonyl (C=O) groups is 2. The highest BCUT2D eigenvalue weighted by molar-refractivity contribution is 6.02. The molecule has 0 radical (unpaired) electrons. The van der Waals surface area contributed by atoms with Crippen LogP contribution >= 0.6 is 0 Å². The first-order valence-corrected chi connectivity index (χ1v) is 7.08. The molecule has 0 bridgehead atoms. The summed E-state index contributed by atoms with van der Waals surface area (Å²) in [5, 5.41) is 13.6. The average molecular weight is 304 g/mol. The molecule has 2 aromatic heterocycles. The number of hydrogen-bond donors (Lipinski definition) is 2. The van der Waals surface area contributed by atoms with E-state index in [0.717, 1.165) is 5.69 Å². The van der Waals surface area contributed by atoms with Crippen LogP contribution in [0.1, 0.15) is 36.1 Å². The van der Waals surface area contributed by atoms with Gasteiger partial charge in [0.15, 0.2) is 5.69 Å². The van der Waals surface area contributed by atoms with Gasteiger partial charge in [0.2, 0.25) is 5.91 Å². The number of rotatable bonds is 5. The van der Waals surface area contributed by atoms with E-state index in [1.165, 1.54) is 7.05 Å². The van der Waals surface area contributed by atoms with E-state index >= 15 is 0 Å². The van der Waals surface area contributed by atoms with Crippen LogP contribution in [0.25, 0.3) is 0 Å². The topological polar surface area (TPSA) is 93.8 Å². The molecule has 2 N–H and O–H groups in total. The molecule has 22 heavy (non-hydrogen) atoms. The quantitative estimate of drug-likeness (QED) is 0.860. The fourth-order valence-electron chi connectivity index (χ4n) is 1.97. The van der Waals surface area contributed by atoms with Gasteiger partial charge in [0.05, 0.1) is 11.4 Å². The van der Waals surface area contributed by atoms with Gasteiger partial charge in [0.25, 0.3) is 5.91 Å². The Morgan fingerprint density at radius 3 is 2.64 bits per heavy atom. The molecule has 1 unspecified atom stereocenters. The summed E-state index contributed by atoms with van der Waals surface area (Å²) in [5.74, 6) is -0.603. The predicted molar refractivity (Wildman–Crippen MR) is 81.6 cm³/mol. The van der Waals surface area contributed by atoms with Crippen molar-refractivity contribution in [2.45, 2.75) is 33.4 Å². The van der Waals surface area contributed by atoms with Gasteiger partial charge in [-0.1, -0.05) is 0 Å². The molecule has 8 heteroatoms. The van der Waals surface area contributed by atoms with Crippen LogP contribution in [0.4, 0.5) is 5.69 Å². The highest BCUT2D eigenvalue weighted by Gasteiger charge is 2.21. The number of anilines is 1. The Morgan fingerprint density at radius 2 is 2.09 bits per heavy atom. The predicted octanol–water partition coefficient (Wildman–Crippen LogP) is 0.967. The molecule has 1 atom stereocenters. The standard InChI is InChI=1S/C14H20N6O2/c1-5-19-8-11(12(18-19)14(22)15-4)16-13(21)10(3)20-7-6-9(2)17-20/h6-8,10H,5H2,1-4H3,(H,15,22)(H,16,21). The van der Waals surface area contributed by atoms with Gasteiger partial charge in [-0.2, -0.15) is 10.2 Å². The second-order valence-corrected chi connectivity index (χ2v) is 4.93. The molecule has 2 amide bonds. The van der Waals surface area contributed by atoms with E-state index < -0.39 is 6.04 Å². The molecular formula is C14H20N6O2. The second-order valence-electron chi connectivity index (χ2n) is 4.93. The molecule has 2 rings (SSSR count). The third kappa shape index (κ3) is 3.16. The zero-order valence-corrected chi connectivity index (χ0v) is 13.1.